The minimum Gasteiger partial charge on any atom is -0.355 e. The minimum atomic E-state index is -0.0471. The van der Waals surface area contributed by atoms with Crippen molar-refractivity contribution in [3.05, 3.63) is 101 Å². The minimum absolute atomic E-state index is 0.0104. The van der Waals surface area contributed by atoms with Crippen LogP contribution < -0.4 is 10.2 Å². The molecule has 1 N–H and O–H groups in total. The van der Waals surface area contributed by atoms with E-state index in [1.165, 1.54) is 12.8 Å². The number of hydrogen-bond acceptors (Lipinski definition) is 3. The van der Waals surface area contributed by atoms with Crippen LogP contribution in [0.3, 0.4) is 0 Å². The first-order valence-corrected chi connectivity index (χ1v) is 12.1. The van der Waals surface area contributed by atoms with Crippen LogP contribution in [0.2, 0.25) is 0 Å². The Labute approximate surface area is 202 Å². The molecule has 0 saturated carbocycles. The zero-order valence-corrected chi connectivity index (χ0v) is 19.9. The van der Waals surface area contributed by atoms with Gasteiger partial charge in [0.2, 0.25) is 5.91 Å². The molecular formula is C29H33N3O2. The quantitative estimate of drug-likeness (QED) is 0.513. The molecule has 5 heteroatoms. The summed E-state index contributed by atoms with van der Waals surface area (Å²) in [4.78, 5) is 30.3. The summed E-state index contributed by atoms with van der Waals surface area (Å²) in [6.45, 7) is 6.25. The second-order valence-corrected chi connectivity index (χ2v) is 8.94. The van der Waals surface area contributed by atoms with Crippen molar-refractivity contribution in [3.63, 3.8) is 0 Å². The lowest BCUT2D eigenvalue weighted by molar-refractivity contribution is -0.120. The Kier molecular flexibility index (Phi) is 8.10. The largest absolute Gasteiger partial charge is 0.355 e. The van der Waals surface area contributed by atoms with Gasteiger partial charge in [-0.15, -0.1) is 0 Å². The van der Waals surface area contributed by atoms with E-state index >= 15 is 0 Å². The van der Waals surface area contributed by atoms with Crippen molar-refractivity contribution in [2.75, 3.05) is 31.1 Å². The number of nitrogens with one attached hydrogen (secondary N) is 1. The number of amides is 2. The number of rotatable bonds is 9. The number of carbonyl (C=O) groups excluding carboxylic acids is 2. The monoisotopic (exact) mass is 455 g/mol. The molecule has 34 heavy (non-hydrogen) atoms. The third-order valence-electron chi connectivity index (χ3n) is 6.34. The molecule has 0 bridgehead atoms. The van der Waals surface area contributed by atoms with Crippen LogP contribution in [0.15, 0.2) is 78.9 Å². The second kappa shape index (κ2) is 11.6. The molecule has 1 heterocycles. The maximum atomic E-state index is 13.6. The van der Waals surface area contributed by atoms with Crippen LogP contribution in [-0.2, 0) is 17.8 Å². The normalized spacial score (nSPS) is 13.6. The molecule has 1 fully saturated rings. The van der Waals surface area contributed by atoms with E-state index in [1.54, 1.807) is 4.90 Å². The zero-order valence-electron chi connectivity index (χ0n) is 19.9. The molecule has 0 atom stereocenters. The van der Waals surface area contributed by atoms with Crippen LogP contribution in [0.1, 0.15) is 39.9 Å². The number of aryl methyl sites for hydroxylation is 1. The Bertz CT molecular complexity index is 1110. The molecule has 2 amide bonds. The maximum Gasteiger partial charge on any atom is 0.258 e. The molecule has 5 nitrogen and oxygen atoms in total. The van der Waals surface area contributed by atoms with Crippen molar-refractivity contribution < 1.29 is 9.59 Å². The molecule has 0 radical (unpaired) electrons. The number of hydrogen-bond donors (Lipinski definition) is 1. The average Bonchev–Trinajstić information content (AvgIpc) is 3.37. The highest BCUT2D eigenvalue weighted by atomic mass is 16.2. The van der Waals surface area contributed by atoms with Gasteiger partial charge in [0.25, 0.3) is 5.91 Å². The summed E-state index contributed by atoms with van der Waals surface area (Å²) < 4.78 is 0. The first kappa shape index (κ1) is 23.7. The maximum absolute atomic E-state index is 13.6. The molecule has 1 aliphatic rings. The van der Waals surface area contributed by atoms with Crippen molar-refractivity contribution in [2.45, 2.75) is 32.7 Å². The van der Waals surface area contributed by atoms with Gasteiger partial charge in [0.15, 0.2) is 0 Å². The Morgan fingerprint density at radius 1 is 0.882 bits per heavy atom. The predicted molar refractivity (Wildman–Crippen MR) is 137 cm³/mol. The molecule has 176 valence electrons. The van der Waals surface area contributed by atoms with Crippen LogP contribution >= 0.6 is 0 Å². The molecule has 1 saturated heterocycles. The van der Waals surface area contributed by atoms with Gasteiger partial charge in [0.1, 0.15) is 0 Å². The van der Waals surface area contributed by atoms with E-state index in [-0.39, 0.29) is 11.8 Å². The van der Waals surface area contributed by atoms with E-state index in [1.807, 2.05) is 85.8 Å². The number of carbonyl (C=O) groups is 2. The summed E-state index contributed by atoms with van der Waals surface area (Å²) in [7, 11) is 0. The molecule has 1 aliphatic heterocycles. The first-order chi connectivity index (χ1) is 16.6. The van der Waals surface area contributed by atoms with E-state index < -0.39 is 0 Å². The SMILES string of the molecule is Cc1ccccc1C(=O)N(Cc1ccccc1)c1cccc(CC(=O)NCCN2CCCC2)c1. The zero-order chi connectivity index (χ0) is 23.8. The van der Waals surface area contributed by atoms with Crippen molar-refractivity contribution >= 4 is 17.5 Å². The summed E-state index contributed by atoms with van der Waals surface area (Å²) in [6, 6.07) is 25.4. The molecule has 0 unspecified atom stereocenters. The average molecular weight is 456 g/mol. The van der Waals surface area contributed by atoms with Gasteiger partial charge in [-0.2, -0.15) is 0 Å². The standard InChI is InChI=1S/C29H33N3O2/c1-23-10-5-6-15-27(23)29(34)32(22-24-11-3-2-4-12-24)26-14-9-13-25(20-26)21-28(33)30-16-19-31-17-7-8-18-31/h2-6,9-15,20H,7-8,16-19,21-22H2,1H3,(H,30,33). The molecule has 3 aromatic rings. The second-order valence-electron chi connectivity index (χ2n) is 8.94. The van der Waals surface area contributed by atoms with E-state index in [9.17, 15) is 9.59 Å². The molecule has 0 aliphatic carbocycles. The van der Waals surface area contributed by atoms with Gasteiger partial charge < -0.3 is 15.1 Å². The Morgan fingerprint density at radius 2 is 1.59 bits per heavy atom. The van der Waals surface area contributed by atoms with Crippen LogP contribution in [-0.4, -0.2) is 42.9 Å². The van der Waals surface area contributed by atoms with E-state index in [4.69, 9.17) is 0 Å². The fourth-order valence-corrected chi connectivity index (χ4v) is 4.45. The van der Waals surface area contributed by atoms with Gasteiger partial charge in [-0.05, 0) is 67.7 Å². The van der Waals surface area contributed by atoms with Gasteiger partial charge in [-0.25, -0.2) is 0 Å². The topological polar surface area (TPSA) is 52.7 Å². The lowest BCUT2D eigenvalue weighted by Gasteiger charge is -2.24. The predicted octanol–water partition coefficient (Wildman–Crippen LogP) is 4.60. The van der Waals surface area contributed by atoms with Gasteiger partial charge in [-0.1, -0.05) is 60.7 Å². The fraction of sp³-hybridized carbons (Fsp3) is 0.310. The molecule has 0 spiro atoms. The lowest BCUT2D eigenvalue weighted by atomic mass is 10.1. The van der Waals surface area contributed by atoms with Crippen LogP contribution in [0, 0.1) is 6.92 Å². The molecule has 0 aromatic heterocycles. The Balaban J connectivity index is 1.49. The van der Waals surface area contributed by atoms with Gasteiger partial charge >= 0.3 is 0 Å². The van der Waals surface area contributed by atoms with Crippen LogP contribution in [0.4, 0.5) is 5.69 Å². The molecule has 4 rings (SSSR count). The smallest absolute Gasteiger partial charge is 0.258 e. The third-order valence-corrected chi connectivity index (χ3v) is 6.34. The fourth-order valence-electron chi connectivity index (χ4n) is 4.45. The highest BCUT2D eigenvalue weighted by molar-refractivity contribution is 6.07. The number of likely N-dealkylation sites (tertiary alicyclic amines) is 1. The number of nitrogens with zero attached hydrogens (tertiary/aromatic N) is 2. The summed E-state index contributed by atoms with van der Waals surface area (Å²) in [5, 5.41) is 3.04. The van der Waals surface area contributed by atoms with Gasteiger partial charge in [-0.3, -0.25) is 9.59 Å². The summed E-state index contributed by atoms with van der Waals surface area (Å²) in [6.07, 6.45) is 2.80. The van der Waals surface area contributed by atoms with E-state index in [0.717, 1.165) is 42.0 Å². The first-order valence-electron chi connectivity index (χ1n) is 12.1. The number of anilines is 1. The summed E-state index contributed by atoms with van der Waals surface area (Å²) >= 11 is 0. The molecule has 3 aromatic carbocycles. The third kappa shape index (κ3) is 6.33. The molecular weight excluding hydrogens is 422 g/mol. The van der Waals surface area contributed by atoms with E-state index in [0.29, 0.717) is 25.1 Å². The van der Waals surface area contributed by atoms with Crippen molar-refractivity contribution in [1.82, 2.24) is 10.2 Å². The van der Waals surface area contributed by atoms with Crippen LogP contribution in [0.5, 0.6) is 0 Å². The van der Waals surface area contributed by atoms with E-state index in [2.05, 4.69) is 10.2 Å². The Morgan fingerprint density at radius 3 is 2.35 bits per heavy atom. The number of benzene rings is 3. The van der Waals surface area contributed by atoms with Crippen molar-refractivity contribution in [2.24, 2.45) is 0 Å². The van der Waals surface area contributed by atoms with Crippen LogP contribution in [0.25, 0.3) is 0 Å². The summed E-state index contributed by atoms with van der Waals surface area (Å²) in [5.41, 5.74) is 4.36. The highest BCUT2D eigenvalue weighted by Crippen LogP contribution is 2.23. The van der Waals surface area contributed by atoms with Crippen molar-refractivity contribution in [1.29, 1.82) is 0 Å². The Hall–Kier alpha value is -3.44. The van der Waals surface area contributed by atoms with Gasteiger partial charge in [0.05, 0.1) is 13.0 Å². The van der Waals surface area contributed by atoms with Crippen molar-refractivity contribution in [3.8, 4) is 0 Å². The summed E-state index contributed by atoms with van der Waals surface area (Å²) in [5.74, 6) is -0.0367. The van der Waals surface area contributed by atoms with Gasteiger partial charge in [0, 0.05) is 24.3 Å². The highest BCUT2D eigenvalue weighted by Gasteiger charge is 2.20. The lowest BCUT2D eigenvalue weighted by Crippen LogP contribution is -2.34.